The minimum absolute atomic E-state index is 0.0918. The van der Waals surface area contributed by atoms with E-state index in [1.54, 1.807) is 7.05 Å². The van der Waals surface area contributed by atoms with Crippen LogP contribution in [0, 0.1) is 0 Å². The first-order valence-electron chi connectivity index (χ1n) is 7.38. The molecule has 7 nitrogen and oxygen atoms in total. The Bertz CT molecular complexity index is 963. The predicted octanol–water partition coefficient (Wildman–Crippen LogP) is 1.77. The van der Waals surface area contributed by atoms with E-state index in [1.807, 2.05) is 31.2 Å². The zero-order valence-corrected chi connectivity index (χ0v) is 14.8. The van der Waals surface area contributed by atoms with Crippen molar-refractivity contribution in [1.82, 2.24) is 24.6 Å². The van der Waals surface area contributed by atoms with Gasteiger partial charge in [-0.25, -0.2) is 4.98 Å². The average molecular weight is 390 g/mol. The highest BCUT2D eigenvalue weighted by molar-refractivity contribution is 9.10. The maximum absolute atomic E-state index is 12.4. The van der Waals surface area contributed by atoms with Crippen molar-refractivity contribution in [3.8, 4) is 0 Å². The van der Waals surface area contributed by atoms with E-state index in [1.165, 1.54) is 21.8 Å². The molecule has 0 saturated heterocycles. The number of nitrogens with zero attached hydrogens (tertiary/aromatic N) is 4. The number of aromatic nitrogens is 4. The maximum atomic E-state index is 12.4. The standard InChI is InChI=1S/C16H16BrN5O2/c1-10(11-5-3-4-6-13(11)17)20-14(23)8-22-9-18-15-12(16(22)24)7-19-21(15)2/h3-7,9-10H,8H2,1-2H3,(H,20,23)/t10-/m1/s1. The summed E-state index contributed by atoms with van der Waals surface area (Å²) in [6.07, 6.45) is 2.83. The summed E-state index contributed by atoms with van der Waals surface area (Å²) in [5, 5.41) is 7.29. The van der Waals surface area contributed by atoms with Crippen molar-refractivity contribution in [3.05, 3.63) is 57.2 Å². The maximum Gasteiger partial charge on any atom is 0.264 e. The Hall–Kier alpha value is -2.48. The normalized spacial score (nSPS) is 12.3. The van der Waals surface area contributed by atoms with Crippen molar-refractivity contribution in [2.75, 3.05) is 0 Å². The molecule has 0 aliphatic rings. The fourth-order valence-corrected chi connectivity index (χ4v) is 3.15. The smallest absolute Gasteiger partial charge is 0.264 e. The summed E-state index contributed by atoms with van der Waals surface area (Å²) in [5.74, 6) is -0.259. The molecule has 0 bridgehead atoms. The molecule has 1 amide bonds. The van der Waals surface area contributed by atoms with Gasteiger partial charge in [-0.15, -0.1) is 0 Å². The Morgan fingerprint density at radius 1 is 1.38 bits per heavy atom. The molecule has 0 aliphatic heterocycles. The van der Waals surface area contributed by atoms with Crippen LogP contribution in [0.1, 0.15) is 18.5 Å². The first-order valence-corrected chi connectivity index (χ1v) is 8.17. The van der Waals surface area contributed by atoms with E-state index in [4.69, 9.17) is 0 Å². The summed E-state index contributed by atoms with van der Waals surface area (Å²) in [7, 11) is 1.71. The molecule has 1 atom stereocenters. The van der Waals surface area contributed by atoms with E-state index in [-0.39, 0.29) is 24.1 Å². The molecule has 124 valence electrons. The molecule has 0 unspecified atom stereocenters. The van der Waals surface area contributed by atoms with Gasteiger partial charge in [-0.05, 0) is 18.6 Å². The molecule has 1 aromatic carbocycles. The van der Waals surface area contributed by atoms with Crippen LogP contribution in [0.5, 0.6) is 0 Å². The predicted molar refractivity (Wildman–Crippen MR) is 93.5 cm³/mol. The Morgan fingerprint density at radius 3 is 2.88 bits per heavy atom. The SMILES string of the molecule is C[C@@H](NC(=O)Cn1cnc2c(cnn2C)c1=O)c1ccccc1Br. The van der Waals surface area contributed by atoms with Crippen LogP contribution in [0.3, 0.4) is 0 Å². The highest BCUT2D eigenvalue weighted by Gasteiger charge is 2.14. The molecule has 0 radical (unpaired) electrons. The van der Waals surface area contributed by atoms with Crippen LogP contribution in [-0.2, 0) is 18.4 Å². The van der Waals surface area contributed by atoms with Gasteiger partial charge >= 0.3 is 0 Å². The van der Waals surface area contributed by atoms with Crippen LogP contribution in [-0.4, -0.2) is 25.2 Å². The second kappa shape index (κ2) is 6.56. The molecule has 24 heavy (non-hydrogen) atoms. The summed E-state index contributed by atoms with van der Waals surface area (Å²) >= 11 is 3.47. The number of carbonyl (C=O) groups excluding carboxylic acids is 1. The van der Waals surface area contributed by atoms with E-state index in [2.05, 4.69) is 31.3 Å². The first kappa shape index (κ1) is 16.4. The largest absolute Gasteiger partial charge is 0.348 e. The van der Waals surface area contributed by atoms with E-state index < -0.39 is 0 Å². The van der Waals surface area contributed by atoms with E-state index >= 15 is 0 Å². The third kappa shape index (κ3) is 3.09. The number of halogens is 1. The number of benzene rings is 1. The van der Waals surface area contributed by atoms with Gasteiger partial charge in [0.05, 0.1) is 12.2 Å². The molecule has 0 saturated carbocycles. The number of hydrogen-bond donors (Lipinski definition) is 1. The van der Waals surface area contributed by atoms with E-state index in [9.17, 15) is 9.59 Å². The average Bonchev–Trinajstić information content (AvgIpc) is 2.92. The molecular formula is C16H16BrN5O2. The van der Waals surface area contributed by atoms with Gasteiger partial charge in [0.2, 0.25) is 5.91 Å². The van der Waals surface area contributed by atoms with Crippen molar-refractivity contribution in [3.63, 3.8) is 0 Å². The second-order valence-electron chi connectivity index (χ2n) is 5.49. The molecular weight excluding hydrogens is 374 g/mol. The van der Waals surface area contributed by atoms with Gasteiger partial charge in [-0.3, -0.25) is 18.8 Å². The number of hydrogen-bond acceptors (Lipinski definition) is 4. The van der Waals surface area contributed by atoms with Crippen molar-refractivity contribution < 1.29 is 4.79 Å². The van der Waals surface area contributed by atoms with Crippen molar-refractivity contribution in [2.24, 2.45) is 7.05 Å². The molecule has 3 aromatic rings. The van der Waals surface area contributed by atoms with Gasteiger partial charge < -0.3 is 5.32 Å². The Labute approximate surface area is 146 Å². The lowest BCUT2D eigenvalue weighted by atomic mass is 10.1. The lowest BCUT2D eigenvalue weighted by Gasteiger charge is -2.16. The highest BCUT2D eigenvalue weighted by atomic mass is 79.9. The monoisotopic (exact) mass is 389 g/mol. The molecule has 0 spiro atoms. The number of nitrogens with one attached hydrogen (secondary N) is 1. The summed E-state index contributed by atoms with van der Waals surface area (Å²) in [6.45, 7) is 1.80. The minimum atomic E-state index is -0.281. The summed E-state index contributed by atoms with van der Waals surface area (Å²) in [4.78, 5) is 28.8. The van der Waals surface area contributed by atoms with Gasteiger partial charge in [0, 0.05) is 11.5 Å². The van der Waals surface area contributed by atoms with Crippen molar-refractivity contribution >= 4 is 32.9 Å². The van der Waals surface area contributed by atoms with Crippen molar-refractivity contribution in [1.29, 1.82) is 0 Å². The van der Waals surface area contributed by atoms with Gasteiger partial charge in [-0.1, -0.05) is 34.1 Å². The third-order valence-electron chi connectivity index (χ3n) is 3.78. The Kier molecular flexibility index (Phi) is 4.48. The number of carbonyl (C=O) groups is 1. The molecule has 0 aliphatic carbocycles. The zero-order valence-electron chi connectivity index (χ0n) is 13.2. The molecule has 2 aromatic heterocycles. The zero-order chi connectivity index (χ0) is 17.3. The molecule has 1 N–H and O–H groups in total. The van der Waals surface area contributed by atoms with Crippen molar-refractivity contribution in [2.45, 2.75) is 19.5 Å². The van der Waals surface area contributed by atoms with Gasteiger partial charge in [-0.2, -0.15) is 5.10 Å². The number of amides is 1. The van der Waals surface area contributed by atoms with Crippen LogP contribution < -0.4 is 10.9 Å². The Balaban J connectivity index is 1.77. The minimum Gasteiger partial charge on any atom is -0.348 e. The fraction of sp³-hybridized carbons (Fsp3) is 0.250. The van der Waals surface area contributed by atoms with E-state index in [0.29, 0.717) is 11.0 Å². The van der Waals surface area contributed by atoms with Crippen LogP contribution in [0.4, 0.5) is 0 Å². The summed E-state index contributed by atoms with van der Waals surface area (Å²) in [5.41, 5.74) is 1.19. The van der Waals surface area contributed by atoms with Gasteiger partial charge in [0.15, 0.2) is 5.65 Å². The Morgan fingerprint density at radius 2 is 2.12 bits per heavy atom. The van der Waals surface area contributed by atoms with Gasteiger partial charge in [0.1, 0.15) is 18.3 Å². The van der Waals surface area contributed by atoms with Crippen LogP contribution >= 0.6 is 15.9 Å². The lowest BCUT2D eigenvalue weighted by molar-refractivity contribution is -0.122. The quantitative estimate of drug-likeness (QED) is 0.736. The number of fused-ring (bicyclic) bond motifs is 1. The molecule has 8 heteroatoms. The first-order chi connectivity index (χ1) is 11.5. The van der Waals surface area contributed by atoms with Crippen LogP contribution in [0.15, 0.2) is 46.1 Å². The fourth-order valence-electron chi connectivity index (χ4n) is 2.53. The summed E-state index contributed by atoms with van der Waals surface area (Å²) in [6, 6.07) is 7.50. The van der Waals surface area contributed by atoms with Crippen LogP contribution in [0.25, 0.3) is 11.0 Å². The summed E-state index contributed by atoms with van der Waals surface area (Å²) < 4.78 is 3.73. The number of rotatable bonds is 4. The van der Waals surface area contributed by atoms with Gasteiger partial charge in [0.25, 0.3) is 5.56 Å². The van der Waals surface area contributed by atoms with Crippen LogP contribution in [0.2, 0.25) is 0 Å². The lowest BCUT2D eigenvalue weighted by Crippen LogP contribution is -2.34. The van der Waals surface area contributed by atoms with E-state index in [0.717, 1.165) is 10.0 Å². The number of aryl methyl sites for hydroxylation is 1. The topological polar surface area (TPSA) is 81.8 Å². The third-order valence-corrected chi connectivity index (χ3v) is 4.50. The second-order valence-corrected chi connectivity index (χ2v) is 6.35. The molecule has 2 heterocycles. The molecule has 3 rings (SSSR count). The molecule has 0 fully saturated rings. The highest BCUT2D eigenvalue weighted by Crippen LogP contribution is 2.22.